The Labute approximate surface area is 128 Å². The molecule has 3 aliphatic rings. The minimum atomic E-state index is -0.334. The van der Waals surface area contributed by atoms with Gasteiger partial charge in [-0.1, -0.05) is 5.18 Å². The van der Waals surface area contributed by atoms with Gasteiger partial charge in [0.15, 0.2) is 0 Å². The van der Waals surface area contributed by atoms with Crippen molar-refractivity contribution < 1.29 is 9.47 Å². The highest BCUT2D eigenvalue weighted by molar-refractivity contribution is 6.22. The molecule has 1 saturated heterocycles. The van der Waals surface area contributed by atoms with Gasteiger partial charge in [-0.05, 0) is 19.3 Å². The van der Waals surface area contributed by atoms with E-state index in [2.05, 4.69) is 16.0 Å². The summed E-state index contributed by atoms with van der Waals surface area (Å²) in [4.78, 5) is 11.0. The predicted molar refractivity (Wildman–Crippen MR) is 78.5 cm³/mol. The van der Waals surface area contributed by atoms with Gasteiger partial charge in [0.25, 0.3) is 0 Å². The lowest BCUT2D eigenvalue weighted by Crippen LogP contribution is -2.58. The highest BCUT2D eigenvalue weighted by Crippen LogP contribution is 2.30. The topological polar surface area (TPSA) is 95.8 Å². The van der Waals surface area contributed by atoms with Crippen molar-refractivity contribution >= 4 is 17.3 Å². The first-order valence-corrected chi connectivity index (χ1v) is 7.89. The minimum Gasteiger partial charge on any atom is -0.349 e. The van der Waals surface area contributed by atoms with Crippen molar-refractivity contribution in [2.75, 3.05) is 6.79 Å². The second-order valence-corrected chi connectivity index (χ2v) is 6.64. The van der Waals surface area contributed by atoms with Crippen LogP contribution >= 0.6 is 11.6 Å². The number of halogens is 1. The van der Waals surface area contributed by atoms with E-state index in [1.807, 2.05) is 0 Å². The van der Waals surface area contributed by atoms with Gasteiger partial charge in [0, 0.05) is 30.0 Å². The fourth-order valence-electron chi connectivity index (χ4n) is 3.32. The summed E-state index contributed by atoms with van der Waals surface area (Å²) in [6.07, 6.45) is 3.62. The van der Waals surface area contributed by atoms with Gasteiger partial charge in [-0.3, -0.25) is 5.43 Å². The van der Waals surface area contributed by atoms with E-state index < -0.39 is 0 Å². The number of rotatable bonds is 4. The zero-order valence-electron chi connectivity index (χ0n) is 11.8. The van der Waals surface area contributed by atoms with E-state index in [-0.39, 0.29) is 35.7 Å². The molecule has 1 heterocycles. The third-order valence-electron chi connectivity index (χ3n) is 4.61. The summed E-state index contributed by atoms with van der Waals surface area (Å²) in [5.74, 6) is 0. The average molecular weight is 317 g/mol. The van der Waals surface area contributed by atoms with Gasteiger partial charge in [0.05, 0.1) is 18.2 Å². The number of nitrogens with one attached hydrogen (secondary N) is 3. The normalized spacial score (nSPS) is 43.6. The number of fused-ring (bicyclic) bond motifs is 1. The van der Waals surface area contributed by atoms with Gasteiger partial charge in [-0.2, -0.15) is 4.91 Å². The molecule has 3 N–H and O–H groups in total. The molecule has 0 amide bonds. The summed E-state index contributed by atoms with van der Waals surface area (Å²) >= 11 is 6.06. The third kappa shape index (κ3) is 3.43. The minimum absolute atomic E-state index is 0.0178. The lowest BCUT2D eigenvalue weighted by Gasteiger charge is -2.35. The Balaban J connectivity index is 1.53. The van der Waals surface area contributed by atoms with E-state index in [0.29, 0.717) is 31.8 Å². The molecule has 2 saturated carbocycles. The van der Waals surface area contributed by atoms with Crippen molar-refractivity contribution in [3.05, 3.63) is 4.91 Å². The summed E-state index contributed by atoms with van der Waals surface area (Å²) in [7, 11) is 0. The molecule has 6 atom stereocenters. The lowest BCUT2D eigenvalue weighted by atomic mass is 9.87. The van der Waals surface area contributed by atoms with Crippen LogP contribution in [0.1, 0.15) is 32.1 Å². The average Bonchev–Trinajstić information content (AvgIpc) is 2.92. The molecule has 2 aliphatic carbocycles. The molecular weight excluding hydrogens is 296 g/mol. The molecule has 3 rings (SSSR count). The van der Waals surface area contributed by atoms with Gasteiger partial charge in [0.2, 0.25) is 0 Å². The van der Waals surface area contributed by atoms with Crippen molar-refractivity contribution in [2.24, 2.45) is 5.18 Å². The fourth-order valence-corrected chi connectivity index (χ4v) is 3.61. The van der Waals surface area contributed by atoms with Gasteiger partial charge >= 0.3 is 0 Å². The number of nitrogens with zero attached hydrogens (tertiary/aromatic N) is 1. The van der Waals surface area contributed by atoms with Gasteiger partial charge in [0.1, 0.15) is 12.8 Å². The summed E-state index contributed by atoms with van der Waals surface area (Å²) in [5.41, 5.74) is 6.97. The number of ether oxygens (including phenoxy) is 2. The summed E-state index contributed by atoms with van der Waals surface area (Å²) < 4.78 is 11.0. The number of hydrazine groups is 1. The van der Waals surface area contributed by atoms with Crippen molar-refractivity contribution in [1.82, 2.24) is 10.9 Å². The van der Waals surface area contributed by atoms with Crippen LogP contribution in [0.15, 0.2) is 5.18 Å². The van der Waals surface area contributed by atoms with Crippen molar-refractivity contribution in [2.45, 2.75) is 67.8 Å². The van der Waals surface area contributed by atoms with Crippen molar-refractivity contribution in [1.29, 1.82) is 5.41 Å². The van der Waals surface area contributed by atoms with E-state index in [4.69, 9.17) is 26.5 Å². The maximum absolute atomic E-state index is 11.0. The highest BCUT2D eigenvalue weighted by atomic mass is 35.5. The Hall–Kier alpha value is -0.600. The Kier molecular flexibility index (Phi) is 4.85. The van der Waals surface area contributed by atoms with Crippen molar-refractivity contribution in [3.63, 3.8) is 0 Å². The SMILES string of the molecule is N=C1CC(Cl)CCC1NNC1CC2OCOC2CC1N=O. The first-order chi connectivity index (χ1) is 10.2. The van der Waals surface area contributed by atoms with Gasteiger partial charge in [-0.25, -0.2) is 5.43 Å². The van der Waals surface area contributed by atoms with E-state index in [0.717, 1.165) is 12.8 Å². The molecule has 8 heteroatoms. The smallest absolute Gasteiger partial charge is 0.147 e. The maximum atomic E-state index is 11.0. The van der Waals surface area contributed by atoms with Gasteiger partial charge < -0.3 is 14.9 Å². The second-order valence-electron chi connectivity index (χ2n) is 6.02. The maximum Gasteiger partial charge on any atom is 0.147 e. The fraction of sp³-hybridized carbons (Fsp3) is 0.923. The van der Waals surface area contributed by atoms with E-state index in [1.54, 1.807) is 0 Å². The standard InChI is InChI=1S/C13H21ClN4O3/c14-7-1-2-9(8(15)3-7)16-17-10-4-12-13(21-6-20-12)5-11(10)18-19/h7,9-13,15-17H,1-6H2. The molecule has 1 aliphatic heterocycles. The van der Waals surface area contributed by atoms with Crippen LogP contribution in [0.2, 0.25) is 0 Å². The molecule has 0 radical (unpaired) electrons. The molecule has 0 aromatic heterocycles. The van der Waals surface area contributed by atoms with E-state index in [1.165, 1.54) is 0 Å². The highest BCUT2D eigenvalue weighted by Gasteiger charge is 2.42. The first-order valence-electron chi connectivity index (χ1n) is 7.45. The summed E-state index contributed by atoms with van der Waals surface area (Å²) in [5, 5.41) is 11.3. The predicted octanol–water partition coefficient (Wildman–Crippen LogP) is 1.30. The second kappa shape index (κ2) is 6.66. The Bertz CT molecular complexity index is 411. The van der Waals surface area contributed by atoms with Crippen LogP contribution in [0.25, 0.3) is 0 Å². The molecule has 21 heavy (non-hydrogen) atoms. The van der Waals surface area contributed by atoms with Crippen LogP contribution in [0, 0.1) is 10.3 Å². The Morgan fingerprint density at radius 1 is 1.19 bits per heavy atom. The molecule has 6 unspecified atom stereocenters. The van der Waals surface area contributed by atoms with Crippen LogP contribution in [0.4, 0.5) is 0 Å². The number of nitroso groups, excluding NO2 is 1. The molecular formula is C13H21ClN4O3. The zero-order valence-corrected chi connectivity index (χ0v) is 12.5. The molecule has 118 valence electrons. The van der Waals surface area contributed by atoms with Crippen molar-refractivity contribution in [3.8, 4) is 0 Å². The van der Waals surface area contributed by atoms with E-state index >= 15 is 0 Å². The zero-order chi connectivity index (χ0) is 14.8. The molecule has 7 nitrogen and oxygen atoms in total. The molecule has 0 spiro atoms. The van der Waals surface area contributed by atoms with Crippen LogP contribution in [0.3, 0.4) is 0 Å². The largest absolute Gasteiger partial charge is 0.349 e. The third-order valence-corrected chi connectivity index (χ3v) is 4.98. The van der Waals surface area contributed by atoms with E-state index in [9.17, 15) is 4.91 Å². The lowest BCUT2D eigenvalue weighted by molar-refractivity contribution is 0.0391. The van der Waals surface area contributed by atoms with Crippen LogP contribution in [0.5, 0.6) is 0 Å². The van der Waals surface area contributed by atoms with Crippen LogP contribution < -0.4 is 10.9 Å². The Morgan fingerprint density at radius 3 is 2.67 bits per heavy atom. The molecule has 0 aromatic rings. The Morgan fingerprint density at radius 2 is 1.95 bits per heavy atom. The molecule has 3 fully saturated rings. The summed E-state index contributed by atoms with van der Waals surface area (Å²) in [6.45, 7) is 0.297. The molecule has 0 aromatic carbocycles. The number of alkyl halides is 1. The quantitative estimate of drug-likeness (QED) is 0.413. The molecule has 0 bridgehead atoms. The van der Waals surface area contributed by atoms with Gasteiger partial charge in [-0.15, -0.1) is 11.6 Å². The van der Waals surface area contributed by atoms with Crippen LogP contribution in [-0.2, 0) is 9.47 Å². The number of hydrogen-bond acceptors (Lipinski definition) is 7. The number of hydrogen-bond donors (Lipinski definition) is 3. The summed E-state index contributed by atoms with van der Waals surface area (Å²) in [6, 6.07) is -0.447. The first kappa shape index (κ1) is 15.3. The van der Waals surface area contributed by atoms with Crippen LogP contribution in [-0.4, -0.2) is 48.2 Å². The monoisotopic (exact) mass is 316 g/mol.